The van der Waals surface area contributed by atoms with Crippen molar-refractivity contribution in [3.05, 3.63) is 70.6 Å². The molecule has 0 radical (unpaired) electrons. The second-order valence-electron chi connectivity index (χ2n) is 6.86. The van der Waals surface area contributed by atoms with Gasteiger partial charge < -0.3 is 5.11 Å². The van der Waals surface area contributed by atoms with Gasteiger partial charge in [0.15, 0.2) is 0 Å². The Labute approximate surface area is 156 Å². The predicted octanol–water partition coefficient (Wildman–Crippen LogP) is 6.00. The summed E-state index contributed by atoms with van der Waals surface area (Å²) in [4.78, 5) is 5.03. The minimum atomic E-state index is -0.885. The molecule has 5 heteroatoms. The number of benzene rings is 2. The second-order valence-corrected chi connectivity index (χ2v) is 9.10. The van der Waals surface area contributed by atoms with Gasteiger partial charge in [-0.1, -0.05) is 56.6 Å². The fourth-order valence-corrected chi connectivity index (χ4v) is 4.00. The fraction of sp³-hybridized carbons (Fsp3) is 0.250. The number of hydrogen-bond donors (Lipinski definition) is 1. The van der Waals surface area contributed by atoms with Crippen LogP contribution in [0.2, 0.25) is 5.02 Å². The van der Waals surface area contributed by atoms with Crippen LogP contribution in [0.15, 0.2) is 53.6 Å². The summed E-state index contributed by atoms with van der Waals surface area (Å²) in [5.74, 6) is -0.370. The van der Waals surface area contributed by atoms with Crippen LogP contribution in [0.1, 0.15) is 38.0 Å². The molecule has 1 heterocycles. The normalized spacial score (nSPS) is 13.2. The van der Waals surface area contributed by atoms with Gasteiger partial charge in [0.05, 0.1) is 5.02 Å². The van der Waals surface area contributed by atoms with Gasteiger partial charge in [0, 0.05) is 32.4 Å². The minimum Gasteiger partial charge on any atom is -0.384 e. The van der Waals surface area contributed by atoms with Gasteiger partial charge in [0.1, 0.15) is 17.4 Å². The lowest BCUT2D eigenvalue weighted by molar-refractivity contribution is 0.217. The summed E-state index contributed by atoms with van der Waals surface area (Å²) in [6.07, 6.45) is 0.631. The molecular weight excluding hydrogens is 357 g/mol. The highest BCUT2D eigenvalue weighted by Gasteiger charge is 2.22. The highest BCUT2D eigenvalue weighted by atomic mass is 35.5. The molecule has 0 aliphatic heterocycles. The van der Waals surface area contributed by atoms with E-state index in [4.69, 9.17) is 11.6 Å². The van der Waals surface area contributed by atoms with Crippen LogP contribution in [0, 0.1) is 5.82 Å². The van der Waals surface area contributed by atoms with E-state index in [0.717, 1.165) is 10.5 Å². The summed E-state index contributed by atoms with van der Waals surface area (Å²) in [5, 5.41) is 12.2. The largest absolute Gasteiger partial charge is 0.384 e. The highest BCUT2D eigenvalue weighted by molar-refractivity contribution is 8.00. The Hall–Kier alpha value is -1.62. The van der Waals surface area contributed by atoms with Crippen LogP contribution in [0.5, 0.6) is 0 Å². The Balaban J connectivity index is 2.07. The van der Waals surface area contributed by atoms with Crippen LogP contribution >= 0.6 is 23.4 Å². The van der Waals surface area contributed by atoms with Crippen LogP contribution in [0.25, 0.3) is 10.9 Å². The van der Waals surface area contributed by atoms with E-state index >= 15 is 0 Å². The molecule has 0 saturated heterocycles. The standard InChI is InChI=1S/C20H19ClFNOS/c1-20(2,3)25-19-14(7-5-8-15(19)21)18(24)13-10-12-6-4-9-16(22)17(12)23-11-13/h4-11,18,24H,1-3H3. The molecule has 1 atom stereocenters. The number of thioether (sulfide) groups is 1. The average Bonchev–Trinajstić information content (AvgIpc) is 2.55. The molecule has 1 aromatic heterocycles. The van der Waals surface area contributed by atoms with Crippen molar-refractivity contribution in [1.29, 1.82) is 0 Å². The summed E-state index contributed by atoms with van der Waals surface area (Å²) in [5.41, 5.74) is 1.63. The van der Waals surface area contributed by atoms with E-state index in [1.807, 2.05) is 18.2 Å². The fourth-order valence-electron chi connectivity index (χ4n) is 2.62. The maximum absolute atomic E-state index is 13.8. The summed E-state index contributed by atoms with van der Waals surface area (Å²) < 4.78 is 13.7. The number of aliphatic hydroxyl groups excluding tert-OH is 1. The number of fused-ring (bicyclic) bond motifs is 1. The van der Waals surface area contributed by atoms with Crippen LogP contribution in [-0.2, 0) is 0 Å². The number of aliphatic hydroxyl groups is 1. The molecule has 1 unspecified atom stereocenters. The maximum Gasteiger partial charge on any atom is 0.149 e. The SMILES string of the molecule is CC(C)(C)Sc1c(Cl)cccc1C(O)c1cnc2c(F)cccc2c1. The van der Waals surface area contributed by atoms with Crippen molar-refractivity contribution in [1.82, 2.24) is 4.98 Å². The van der Waals surface area contributed by atoms with Crippen LogP contribution < -0.4 is 0 Å². The Morgan fingerprint density at radius 3 is 2.60 bits per heavy atom. The van der Waals surface area contributed by atoms with Crippen molar-refractivity contribution in [2.75, 3.05) is 0 Å². The number of nitrogens with zero attached hydrogens (tertiary/aromatic N) is 1. The molecule has 0 fully saturated rings. The molecule has 0 aliphatic carbocycles. The zero-order valence-electron chi connectivity index (χ0n) is 14.3. The van der Waals surface area contributed by atoms with Crippen molar-refractivity contribution in [2.24, 2.45) is 0 Å². The lowest BCUT2D eigenvalue weighted by atomic mass is 10.0. The van der Waals surface area contributed by atoms with Gasteiger partial charge in [-0.15, -0.1) is 11.8 Å². The number of hydrogen-bond acceptors (Lipinski definition) is 3. The Morgan fingerprint density at radius 2 is 1.88 bits per heavy atom. The van der Waals surface area contributed by atoms with Crippen LogP contribution in [0.4, 0.5) is 4.39 Å². The number of pyridine rings is 1. The van der Waals surface area contributed by atoms with E-state index in [2.05, 4.69) is 25.8 Å². The van der Waals surface area contributed by atoms with E-state index < -0.39 is 6.10 Å². The van der Waals surface area contributed by atoms with E-state index in [9.17, 15) is 9.50 Å². The van der Waals surface area contributed by atoms with Gasteiger partial charge in [0.25, 0.3) is 0 Å². The van der Waals surface area contributed by atoms with Gasteiger partial charge in [-0.05, 0) is 18.2 Å². The maximum atomic E-state index is 13.8. The first-order valence-corrected chi connectivity index (χ1v) is 9.15. The number of halogens is 2. The summed E-state index contributed by atoms with van der Waals surface area (Å²) in [6, 6.07) is 12.1. The summed E-state index contributed by atoms with van der Waals surface area (Å²) >= 11 is 8.00. The first-order valence-electron chi connectivity index (χ1n) is 7.96. The lowest BCUT2D eigenvalue weighted by Gasteiger charge is -2.23. The smallest absolute Gasteiger partial charge is 0.149 e. The second kappa shape index (κ2) is 6.94. The monoisotopic (exact) mass is 375 g/mol. The molecule has 25 heavy (non-hydrogen) atoms. The van der Waals surface area contributed by atoms with Gasteiger partial charge in [-0.3, -0.25) is 4.98 Å². The van der Waals surface area contributed by atoms with Crippen LogP contribution in [-0.4, -0.2) is 14.8 Å². The molecule has 0 aliphatic rings. The van der Waals surface area contributed by atoms with Gasteiger partial charge in [-0.2, -0.15) is 0 Å². The first kappa shape index (κ1) is 18.2. The third-order valence-electron chi connectivity index (χ3n) is 3.70. The van der Waals surface area contributed by atoms with Gasteiger partial charge in [-0.25, -0.2) is 4.39 Å². The van der Waals surface area contributed by atoms with E-state index in [0.29, 0.717) is 21.5 Å². The zero-order valence-corrected chi connectivity index (χ0v) is 15.8. The van der Waals surface area contributed by atoms with Crippen LogP contribution in [0.3, 0.4) is 0 Å². The van der Waals surface area contributed by atoms with Gasteiger partial charge >= 0.3 is 0 Å². The molecule has 0 amide bonds. The molecule has 2 nitrogen and oxygen atoms in total. The molecule has 130 valence electrons. The Morgan fingerprint density at radius 1 is 1.16 bits per heavy atom. The third-order valence-corrected chi connectivity index (χ3v) is 5.40. The third kappa shape index (κ3) is 3.97. The molecule has 3 aromatic rings. The zero-order chi connectivity index (χ0) is 18.2. The number of para-hydroxylation sites is 1. The number of rotatable bonds is 3. The minimum absolute atomic E-state index is 0.0514. The topological polar surface area (TPSA) is 33.1 Å². The van der Waals surface area contributed by atoms with E-state index in [-0.39, 0.29) is 10.6 Å². The molecule has 0 spiro atoms. The molecule has 0 bridgehead atoms. The van der Waals surface area contributed by atoms with Crippen molar-refractivity contribution >= 4 is 34.3 Å². The quantitative estimate of drug-likeness (QED) is 0.570. The molecule has 3 rings (SSSR count). The Kier molecular flexibility index (Phi) is 5.05. The molecule has 0 saturated carbocycles. The highest BCUT2D eigenvalue weighted by Crippen LogP contribution is 2.42. The van der Waals surface area contributed by atoms with Gasteiger partial charge in [0.2, 0.25) is 0 Å². The van der Waals surface area contributed by atoms with E-state index in [1.165, 1.54) is 12.3 Å². The molecule has 1 N–H and O–H groups in total. The summed E-state index contributed by atoms with van der Waals surface area (Å²) in [7, 11) is 0. The first-order chi connectivity index (χ1) is 11.8. The number of aromatic nitrogens is 1. The molecule has 2 aromatic carbocycles. The van der Waals surface area contributed by atoms with Crippen molar-refractivity contribution in [3.8, 4) is 0 Å². The molecular formula is C20H19ClFNOS. The van der Waals surface area contributed by atoms with E-state index in [1.54, 1.807) is 30.0 Å². The average molecular weight is 376 g/mol. The van der Waals surface area contributed by atoms with Crippen molar-refractivity contribution in [2.45, 2.75) is 36.5 Å². The van der Waals surface area contributed by atoms with Crippen molar-refractivity contribution < 1.29 is 9.50 Å². The lowest BCUT2D eigenvalue weighted by Crippen LogP contribution is -2.10. The predicted molar refractivity (Wildman–Crippen MR) is 103 cm³/mol. The summed E-state index contributed by atoms with van der Waals surface area (Å²) in [6.45, 7) is 6.28. The Bertz CT molecular complexity index is 923. The van der Waals surface area contributed by atoms with Crippen molar-refractivity contribution in [3.63, 3.8) is 0 Å².